The number of nitrogens with zero attached hydrogens (tertiary/aromatic N) is 2. The van der Waals surface area contributed by atoms with Gasteiger partial charge in [0.15, 0.2) is 0 Å². The van der Waals surface area contributed by atoms with Gasteiger partial charge < -0.3 is 14.6 Å². The molecule has 4 aromatic rings. The molecule has 1 heterocycles. The van der Waals surface area contributed by atoms with Gasteiger partial charge in [0.05, 0.1) is 18.1 Å². The van der Waals surface area contributed by atoms with Crippen LogP contribution in [0, 0.1) is 13.8 Å². The van der Waals surface area contributed by atoms with E-state index >= 15 is 0 Å². The summed E-state index contributed by atoms with van der Waals surface area (Å²) in [4.78, 5) is 17.7. The molecule has 0 aliphatic rings. The molecule has 5 heteroatoms. The van der Waals surface area contributed by atoms with Gasteiger partial charge in [0.1, 0.15) is 18.1 Å². The van der Waals surface area contributed by atoms with E-state index in [9.17, 15) is 4.79 Å². The average Bonchev–Trinajstić information content (AvgIpc) is 3.10. The number of aromatic nitrogens is 2. The lowest BCUT2D eigenvalue weighted by Crippen LogP contribution is -2.20. The summed E-state index contributed by atoms with van der Waals surface area (Å²) in [5.41, 5.74) is 5.73. The average molecular weight is 385 g/mol. The first-order valence-corrected chi connectivity index (χ1v) is 9.52. The first-order chi connectivity index (χ1) is 14.1. The molecule has 0 aliphatic heterocycles. The standard InChI is InChI=1S/C24H23N3O2/c1-16-8-6-12-20(17(16)2)25-23(28)15-27-22-13-5-4-11-21(22)26-24(27)18-9-7-10-19(14-18)29-3/h4-14H,15H2,1-3H3,(H,25,28). The van der Waals surface area contributed by atoms with Crippen LogP contribution in [-0.2, 0) is 11.3 Å². The Labute approximate surface area is 170 Å². The van der Waals surface area contributed by atoms with E-state index in [0.717, 1.165) is 45.0 Å². The maximum absolute atomic E-state index is 12.9. The highest BCUT2D eigenvalue weighted by atomic mass is 16.5. The minimum atomic E-state index is -0.0917. The second kappa shape index (κ2) is 7.80. The molecule has 0 saturated carbocycles. The predicted molar refractivity (Wildman–Crippen MR) is 116 cm³/mol. The van der Waals surface area contributed by atoms with E-state index in [-0.39, 0.29) is 12.5 Å². The van der Waals surface area contributed by atoms with Crippen molar-refractivity contribution in [1.82, 2.24) is 9.55 Å². The van der Waals surface area contributed by atoms with Gasteiger partial charge in [0.2, 0.25) is 5.91 Å². The van der Waals surface area contributed by atoms with Gasteiger partial charge in [-0.05, 0) is 55.3 Å². The number of fused-ring (bicyclic) bond motifs is 1. The van der Waals surface area contributed by atoms with Crippen molar-refractivity contribution < 1.29 is 9.53 Å². The monoisotopic (exact) mass is 385 g/mol. The topological polar surface area (TPSA) is 56.2 Å². The van der Waals surface area contributed by atoms with Crippen molar-refractivity contribution in [3.8, 4) is 17.1 Å². The van der Waals surface area contributed by atoms with E-state index in [4.69, 9.17) is 9.72 Å². The van der Waals surface area contributed by atoms with Gasteiger partial charge in [0, 0.05) is 11.3 Å². The lowest BCUT2D eigenvalue weighted by Gasteiger charge is -2.13. The second-order valence-corrected chi connectivity index (χ2v) is 7.04. The van der Waals surface area contributed by atoms with Gasteiger partial charge in [-0.3, -0.25) is 4.79 Å². The van der Waals surface area contributed by atoms with E-state index in [1.807, 2.05) is 85.1 Å². The number of rotatable bonds is 5. The number of amides is 1. The number of methoxy groups -OCH3 is 1. The summed E-state index contributed by atoms with van der Waals surface area (Å²) in [7, 11) is 1.64. The molecule has 1 aromatic heterocycles. The smallest absolute Gasteiger partial charge is 0.244 e. The molecule has 1 amide bonds. The lowest BCUT2D eigenvalue weighted by molar-refractivity contribution is -0.116. The van der Waals surface area contributed by atoms with E-state index in [0.29, 0.717) is 0 Å². The molecule has 0 aliphatic carbocycles. The fraction of sp³-hybridized carbons (Fsp3) is 0.167. The normalized spacial score (nSPS) is 10.9. The zero-order valence-electron chi connectivity index (χ0n) is 16.8. The number of nitrogens with one attached hydrogen (secondary N) is 1. The molecule has 146 valence electrons. The Balaban J connectivity index is 1.72. The number of anilines is 1. The summed E-state index contributed by atoms with van der Waals surface area (Å²) >= 11 is 0. The van der Waals surface area contributed by atoms with Gasteiger partial charge in [-0.2, -0.15) is 0 Å². The molecule has 0 spiro atoms. The molecular weight excluding hydrogens is 362 g/mol. The Kier molecular flexibility index (Phi) is 5.04. The number of aryl methyl sites for hydroxylation is 1. The fourth-order valence-electron chi connectivity index (χ4n) is 3.44. The number of carbonyl (C=O) groups is 1. The van der Waals surface area contributed by atoms with Crippen LogP contribution in [0.15, 0.2) is 66.7 Å². The van der Waals surface area contributed by atoms with Crippen molar-refractivity contribution >= 4 is 22.6 Å². The summed E-state index contributed by atoms with van der Waals surface area (Å²) in [6.07, 6.45) is 0. The maximum atomic E-state index is 12.9. The molecule has 0 radical (unpaired) electrons. The quantitative estimate of drug-likeness (QED) is 0.528. The van der Waals surface area contributed by atoms with Crippen LogP contribution < -0.4 is 10.1 Å². The third kappa shape index (κ3) is 3.72. The van der Waals surface area contributed by atoms with Crippen molar-refractivity contribution in [3.05, 3.63) is 77.9 Å². The van der Waals surface area contributed by atoms with Crippen LogP contribution in [0.1, 0.15) is 11.1 Å². The third-order valence-electron chi connectivity index (χ3n) is 5.16. The molecule has 3 aromatic carbocycles. The maximum Gasteiger partial charge on any atom is 0.244 e. The molecule has 1 N–H and O–H groups in total. The predicted octanol–water partition coefficient (Wildman–Crippen LogP) is 4.97. The molecule has 0 saturated heterocycles. The van der Waals surface area contributed by atoms with Gasteiger partial charge >= 0.3 is 0 Å². The third-order valence-corrected chi connectivity index (χ3v) is 5.16. The van der Waals surface area contributed by atoms with Crippen LogP contribution in [0.25, 0.3) is 22.4 Å². The molecule has 0 fully saturated rings. The summed E-state index contributed by atoms with van der Waals surface area (Å²) in [5, 5.41) is 3.04. The van der Waals surface area contributed by atoms with Crippen LogP contribution in [0.2, 0.25) is 0 Å². The number of hydrogen-bond donors (Lipinski definition) is 1. The van der Waals surface area contributed by atoms with Crippen LogP contribution in [0.5, 0.6) is 5.75 Å². The summed E-state index contributed by atoms with van der Waals surface area (Å²) in [6.45, 7) is 4.22. The largest absolute Gasteiger partial charge is 0.497 e. The van der Waals surface area contributed by atoms with E-state index in [1.54, 1.807) is 7.11 Å². The minimum absolute atomic E-state index is 0.0917. The molecule has 5 nitrogen and oxygen atoms in total. The van der Waals surface area contributed by atoms with Crippen LogP contribution in [0.4, 0.5) is 5.69 Å². The Bertz CT molecular complexity index is 1190. The number of benzene rings is 3. The SMILES string of the molecule is COc1cccc(-c2nc3ccccc3n2CC(=O)Nc2cccc(C)c2C)c1. The van der Waals surface area contributed by atoms with Crippen LogP contribution in [-0.4, -0.2) is 22.6 Å². The highest BCUT2D eigenvalue weighted by molar-refractivity contribution is 5.93. The van der Waals surface area contributed by atoms with Crippen molar-refractivity contribution in [2.75, 3.05) is 12.4 Å². The summed E-state index contributed by atoms with van der Waals surface area (Å²) in [6, 6.07) is 21.5. The van der Waals surface area contributed by atoms with Crippen LogP contribution >= 0.6 is 0 Å². The molecule has 0 bridgehead atoms. The number of para-hydroxylation sites is 2. The molecular formula is C24H23N3O2. The number of hydrogen-bond acceptors (Lipinski definition) is 3. The van der Waals surface area contributed by atoms with Crippen molar-refractivity contribution in [2.24, 2.45) is 0 Å². The molecule has 0 unspecified atom stereocenters. The molecule has 4 rings (SSSR count). The van der Waals surface area contributed by atoms with Crippen LogP contribution in [0.3, 0.4) is 0 Å². The van der Waals surface area contributed by atoms with Gasteiger partial charge in [0.25, 0.3) is 0 Å². The first kappa shape index (κ1) is 18.7. The highest BCUT2D eigenvalue weighted by Crippen LogP contribution is 2.27. The zero-order valence-corrected chi connectivity index (χ0v) is 16.8. The first-order valence-electron chi connectivity index (χ1n) is 9.52. The molecule has 0 atom stereocenters. The van der Waals surface area contributed by atoms with Gasteiger partial charge in [-0.15, -0.1) is 0 Å². The van der Waals surface area contributed by atoms with Crippen molar-refractivity contribution in [1.29, 1.82) is 0 Å². The molecule has 29 heavy (non-hydrogen) atoms. The zero-order chi connectivity index (χ0) is 20.4. The highest BCUT2D eigenvalue weighted by Gasteiger charge is 2.16. The lowest BCUT2D eigenvalue weighted by atomic mass is 10.1. The van der Waals surface area contributed by atoms with E-state index in [2.05, 4.69) is 5.32 Å². The fourth-order valence-corrected chi connectivity index (χ4v) is 3.44. The number of imidazole rings is 1. The number of carbonyl (C=O) groups excluding carboxylic acids is 1. The Morgan fingerprint density at radius 3 is 2.66 bits per heavy atom. The van der Waals surface area contributed by atoms with Crippen molar-refractivity contribution in [2.45, 2.75) is 20.4 Å². The summed E-state index contributed by atoms with van der Waals surface area (Å²) < 4.78 is 7.31. The summed E-state index contributed by atoms with van der Waals surface area (Å²) in [5.74, 6) is 1.40. The minimum Gasteiger partial charge on any atom is -0.497 e. The Morgan fingerprint density at radius 1 is 1.03 bits per heavy atom. The van der Waals surface area contributed by atoms with Gasteiger partial charge in [-0.25, -0.2) is 4.98 Å². The Morgan fingerprint density at radius 2 is 1.83 bits per heavy atom. The van der Waals surface area contributed by atoms with E-state index < -0.39 is 0 Å². The second-order valence-electron chi connectivity index (χ2n) is 7.04. The Hall–Kier alpha value is -3.60. The van der Waals surface area contributed by atoms with E-state index in [1.165, 1.54) is 0 Å². The van der Waals surface area contributed by atoms with Crippen molar-refractivity contribution in [3.63, 3.8) is 0 Å². The van der Waals surface area contributed by atoms with Gasteiger partial charge in [-0.1, -0.05) is 36.4 Å². The number of ether oxygens (including phenoxy) is 1.